The Balaban J connectivity index is 1.42. The van der Waals surface area contributed by atoms with Crippen molar-refractivity contribution >= 4 is 44.3 Å². The zero-order chi connectivity index (χ0) is 35.4. The number of carbonyl (C=O) groups is 2. The molecule has 0 bridgehead atoms. The summed E-state index contributed by atoms with van der Waals surface area (Å²) in [5.41, 5.74) is 4.44. The number of hydrogen-bond acceptors (Lipinski definition) is 8. The number of carbonyl (C=O) groups excluding carboxylic acids is 2. The van der Waals surface area contributed by atoms with Gasteiger partial charge in [-0.2, -0.15) is 0 Å². The highest BCUT2D eigenvalue weighted by Crippen LogP contribution is 2.39. The van der Waals surface area contributed by atoms with Gasteiger partial charge in [-0.05, 0) is 92.1 Å². The molecule has 1 aromatic carbocycles. The van der Waals surface area contributed by atoms with Crippen LogP contribution in [0.15, 0.2) is 60.3 Å². The van der Waals surface area contributed by atoms with E-state index in [2.05, 4.69) is 49.8 Å². The topological polar surface area (TPSA) is 130 Å². The lowest BCUT2D eigenvalue weighted by Crippen LogP contribution is -2.32. The van der Waals surface area contributed by atoms with Crippen LogP contribution in [0.25, 0.3) is 0 Å². The number of nitrogens with one attached hydrogen (secondary N) is 3. The quantitative estimate of drug-likeness (QED) is 0.0574. The minimum Gasteiger partial charge on any atom is -0.474 e. The number of aromatic nitrogens is 2. The number of amides is 1. The van der Waals surface area contributed by atoms with E-state index >= 15 is 0 Å². The van der Waals surface area contributed by atoms with Gasteiger partial charge in [0.2, 0.25) is 11.8 Å². The molecule has 1 fully saturated rings. The summed E-state index contributed by atoms with van der Waals surface area (Å²) in [6, 6.07) is 15.2. The van der Waals surface area contributed by atoms with E-state index in [1.165, 1.54) is 25.1 Å². The van der Waals surface area contributed by atoms with E-state index in [1.54, 1.807) is 13.0 Å². The molecule has 3 aromatic rings. The summed E-state index contributed by atoms with van der Waals surface area (Å²) in [5.74, 6) is 2.94. The zero-order valence-electron chi connectivity index (χ0n) is 28.8. The van der Waals surface area contributed by atoms with Crippen LogP contribution in [0.1, 0.15) is 80.2 Å². The molecule has 10 nitrogen and oxygen atoms in total. The highest BCUT2D eigenvalue weighted by atomic mass is 31.0. The molecule has 1 unspecified atom stereocenters. The SMILES string of the molecule is C#Cc1ccc(CCc2cccc(OC3CCC(C)(/C=C(/CNc4nc(C(=O)OC)ccc4NC(=O)CC)N(C=N)CC)CC3)n2)c(P)c1. The van der Waals surface area contributed by atoms with Gasteiger partial charge in [-0.25, -0.2) is 14.8 Å². The molecule has 0 saturated heterocycles. The molecule has 4 rings (SSSR count). The van der Waals surface area contributed by atoms with Gasteiger partial charge in [0.15, 0.2) is 11.5 Å². The number of nitrogens with zero attached hydrogens (tertiary/aromatic N) is 3. The number of likely N-dealkylation sites (N-methyl/N-ethyl adjacent to an activating group) is 1. The Morgan fingerprint density at radius 1 is 1.14 bits per heavy atom. The Bertz CT molecular complexity index is 1710. The molecule has 1 amide bonds. The smallest absolute Gasteiger partial charge is 0.356 e. The molecule has 3 N–H and O–H groups in total. The van der Waals surface area contributed by atoms with Crippen molar-refractivity contribution in [1.82, 2.24) is 14.9 Å². The number of anilines is 2. The van der Waals surface area contributed by atoms with E-state index in [9.17, 15) is 9.59 Å². The second-order valence-electron chi connectivity index (χ2n) is 12.4. The molecular formula is C38H47N6O4P. The summed E-state index contributed by atoms with van der Waals surface area (Å²) in [4.78, 5) is 35.5. The molecule has 49 heavy (non-hydrogen) atoms. The normalized spacial score (nSPS) is 17.4. The molecule has 1 saturated carbocycles. The van der Waals surface area contributed by atoms with Crippen molar-refractivity contribution in [3.63, 3.8) is 0 Å². The van der Waals surface area contributed by atoms with Crippen LogP contribution in [-0.2, 0) is 22.4 Å². The lowest BCUT2D eigenvalue weighted by atomic mass is 9.74. The van der Waals surface area contributed by atoms with Gasteiger partial charge in [0, 0.05) is 36.0 Å². The number of allylic oxidation sites excluding steroid dienone is 1. The van der Waals surface area contributed by atoms with Crippen LogP contribution in [0, 0.1) is 23.2 Å². The van der Waals surface area contributed by atoms with Crippen LogP contribution in [0.4, 0.5) is 11.5 Å². The van der Waals surface area contributed by atoms with Crippen LogP contribution in [0.3, 0.4) is 0 Å². The lowest BCUT2D eigenvalue weighted by Gasteiger charge is -2.36. The number of esters is 1. The molecule has 11 heteroatoms. The van der Waals surface area contributed by atoms with Crippen LogP contribution < -0.4 is 20.7 Å². The van der Waals surface area contributed by atoms with E-state index in [1.807, 2.05) is 42.2 Å². The number of aryl methyl sites for hydroxylation is 2. The number of methoxy groups -OCH3 is 1. The van der Waals surface area contributed by atoms with Crippen molar-refractivity contribution in [2.45, 2.75) is 71.8 Å². The Morgan fingerprint density at radius 2 is 1.92 bits per heavy atom. The van der Waals surface area contributed by atoms with Crippen molar-refractivity contribution < 1.29 is 19.1 Å². The number of pyridine rings is 2. The van der Waals surface area contributed by atoms with Gasteiger partial charge in [-0.15, -0.1) is 15.7 Å². The highest BCUT2D eigenvalue weighted by molar-refractivity contribution is 7.27. The van der Waals surface area contributed by atoms with E-state index in [4.69, 9.17) is 26.3 Å². The molecule has 0 radical (unpaired) electrons. The zero-order valence-corrected chi connectivity index (χ0v) is 30.0. The van der Waals surface area contributed by atoms with Crippen LogP contribution >= 0.6 is 9.24 Å². The molecule has 2 aromatic heterocycles. The predicted molar refractivity (Wildman–Crippen MR) is 199 cm³/mol. The Labute approximate surface area is 292 Å². The molecule has 258 valence electrons. The second-order valence-corrected chi connectivity index (χ2v) is 13.0. The molecule has 1 aliphatic rings. The van der Waals surface area contributed by atoms with Crippen molar-refractivity contribution in [2.75, 3.05) is 30.8 Å². The maximum absolute atomic E-state index is 12.2. The minimum absolute atomic E-state index is 0.0563. The summed E-state index contributed by atoms with van der Waals surface area (Å²) < 4.78 is 11.2. The van der Waals surface area contributed by atoms with Crippen molar-refractivity contribution in [3.8, 4) is 18.2 Å². The lowest BCUT2D eigenvalue weighted by molar-refractivity contribution is -0.115. The number of hydrogen-bond donors (Lipinski definition) is 3. The first-order chi connectivity index (χ1) is 23.6. The third-order valence-corrected chi connectivity index (χ3v) is 9.35. The van der Waals surface area contributed by atoms with Crippen LogP contribution in [0.2, 0.25) is 0 Å². The summed E-state index contributed by atoms with van der Waals surface area (Å²) in [6.07, 6.45) is 14.6. The fourth-order valence-electron chi connectivity index (χ4n) is 5.86. The van der Waals surface area contributed by atoms with Gasteiger partial charge in [-0.3, -0.25) is 10.2 Å². The monoisotopic (exact) mass is 682 g/mol. The van der Waals surface area contributed by atoms with Gasteiger partial charge < -0.3 is 25.0 Å². The summed E-state index contributed by atoms with van der Waals surface area (Å²) in [6.45, 7) is 6.92. The van der Waals surface area contributed by atoms with Crippen molar-refractivity contribution in [1.29, 1.82) is 5.41 Å². The third-order valence-electron chi connectivity index (χ3n) is 8.81. The van der Waals surface area contributed by atoms with Crippen molar-refractivity contribution in [3.05, 3.63) is 82.8 Å². The number of rotatable bonds is 15. The number of benzene rings is 1. The van der Waals surface area contributed by atoms with Gasteiger partial charge >= 0.3 is 5.97 Å². The largest absolute Gasteiger partial charge is 0.474 e. The number of terminal acetylenes is 1. The molecule has 1 aliphatic carbocycles. The van der Waals surface area contributed by atoms with Gasteiger partial charge in [0.25, 0.3) is 0 Å². The third kappa shape index (κ3) is 10.4. The fraction of sp³-hybridized carbons (Fsp3) is 0.395. The van der Waals surface area contributed by atoms with Crippen molar-refractivity contribution in [2.24, 2.45) is 5.41 Å². The summed E-state index contributed by atoms with van der Waals surface area (Å²) in [5, 5.41) is 15.3. The number of ether oxygens (including phenoxy) is 2. The maximum atomic E-state index is 12.2. The van der Waals surface area contributed by atoms with E-state index in [0.29, 0.717) is 36.9 Å². The Morgan fingerprint density at radius 3 is 2.57 bits per heavy atom. The van der Waals surface area contributed by atoms with Gasteiger partial charge in [0.05, 0.1) is 25.7 Å². The van der Waals surface area contributed by atoms with Crippen LogP contribution in [0.5, 0.6) is 5.88 Å². The van der Waals surface area contributed by atoms with Crippen LogP contribution in [-0.4, -0.2) is 59.4 Å². The summed E-state index contributed by atoms with van der Waals surface area (Å²) in [7, 11) is 4.07. The maximum Gasteiger partial charge on any atom is 0.356 e. The first kappa shape index (κ1) is 37.1. The molecular weight excluding hydrogens is 635 g/mol. The van der Waals surface area contributed by atoms with E-state index in [-0.39, 0.29) is 23.1 Å². The molecule has 2 heterocycles. The summed E-state index contributed by atoms with van der Waals surface area (Å²) >= 11 is 0. The van der Waals surface area contributed by atoms with Gasteiger partial charge in [-0.1, -0.05) is 38.0 Å². The minimum atomic E-state index is -0.573. The van der Waals surface area contributed by atoms with E-state index < -0.39 is 5.97 Å². The molecule has 1 atom stereocenters. The standard InChI is InChI=1S/C38H47N6O4P/c1-6-26-12-13-27(33(49)22-26)14-15-28-10-9-11-35(41-28)48-30-18-20-38(4,21-19-30)23-29(44(8-3)25-39)24-40-36-31(42-34(45)7-2)16-17-32(43-36)37(46)47-5/h1,9-13,16-17,22-23,25,30,39H,7-8,14-15,18-21,24,49H2,2-5H3,(H,40,43)(H,42,45)/b29-23-,39-25?. The first-order valence-corrected chi connectivity index (χ1v) is 17.3. The average molecular weight is 683 g/mol. The first-order valence-electron chi connectivity index (χ1n) is 16.7. The molecule has 0 spiro atoms. The Kier molecular flexibility index (Phi) is 13.3. The molecule has 0 aliphatic heterocycles. The van der Waals surface area contributed by atoms with E-state index in [0.717, 1.165) is 60.8 Å². The Hall–Kier alpha value is -4.74. The van der Waals surface area contributed by atoms with Gasteiger partial charge in [0.1, 0.15) is 6.10 Å². The predicted octanol–water partition coefficient (Wildman–Crippen LogP) is 6.13. The highest BCUT2D eigenvalue weighted by Gasteiger charge is 2.31. The fourth-order valence-corrected chi connectivity index (χ4v) is 6.28. The second kappa shape index (κ2) is 17.6. The average Bonchev–Trinajstić information content (AvgIpc) is 3.11.